The molecule has 0 unspecified atom stereocenters. The molecule has 0 bridgehead atoms. The topological polar surface area (TPSA) is 72.5 Å². The molecule has 0 spiro atoms. The van der Waals surface area contributed by atoms with Gasteiger partial charge < -0.3 is 4.90 Å². The van der Waals surface area contributed by atoms with Crippen molar-refractivity contribution in [2.45, 2.75) is 44.2 Å². The van der Waals surface area contributed by atoms with Gasteiger partial charge in [0.05, 0.1) is 0 Å². The number of carbonyl (C=O) groups is 1. The van der Waals surface area contributed by atoms with E-state index in [0.717, 1.165) is 10.5 Å². The fraction of sp³-hybridized carbons (Fsp3) is 0.368. The second-order valence-corrected chi connectivity index (χ2v) is 7.33. The third-order valence-corrected chi connectivity index (χ3v) is 5.57. The first-order valence-electron chi connectivity index (χ1n) is 8.91. The summed E-state index contributed by atoms with van der Waals surface area (Å²) in [5.74, 6) is -0.123. The predicted octanol–water partition coefficient (Wildman–Crippen LogP) is 2.53. The highest BCUT2D eigenvalue weighted by Gasteiger charge is 2.17. The van der Waals surface area contributed by atoms with Gasteiger partial charge in [-0.15, -0.1) is 5.10 Å². The molecule has 0 aliphatic rings. The summed E-state index contributed by atoms with van der Waals surface area (Å²) in [5, 5.41) is 5.02. The lowest BCUT2D eigenvalue weighted by Crippen LogP contribution is -2.36. The fourth-order valence-electron chi connectivity index (χ4n) is 2.92. The minimum atomic E-state index is -0.338. The molecule has 1 aromatic carbocycles. The highest BCUT2D eigenvalue weighted by atomic mass is 32.2. The number of hydrogen-bond acceptors (Lipinski definition) is 5. The van der Waals surface area contributed by atoms with Gasteiger partial charge in [0.15, 0.2) is 5.65 Å². The summed E-state index contributed by atoms with van der Waals surface area (Å²) in [6.45, 7) is 9.06. The van der Waals surface area contributed by atoms with Crippen LogP contribution in [-0.2, 0) is 11.3 Å². The summed E-state index contributed by atoms with van der Waals surface area (Å²) < 4.78 is 2.65. The third kappa shape index (κ3) is 3.90. The molecule has 27 heavy (non-hydrogen) atoms. The van der Waals surface area contributed by atoms with E-state index in [1.54, 1.807) is 17.3 Å². The van der Waals surface area contributed by atoms with Gasteiger partial charge >= 0.3 is 5.69 Å². The van der Waals surface area contributed by atoms with E-state index in [4.69, 9.17) is 0 Å². The molecule has 0 fully saturated rings. The van der Waals surface area contributed by atoms with Crippen molar-refractivity contribution in [3.8, 4) is 0 Å². The minimum absolute atomic E-state index is 0.0736. The molecule has 0 aliphatic carbocycles. The second-order valence-electron chi connectivity index (χ2n) is 6.30. The Balaban J connectivity index is 1.97. The van der Waals surface area contributed by atoms with Crippen LogP contribution in [0.25, 0.3) is 5.65 Å². The van der Waals surface area contributed by atoms with E-state index in [0.29, 0.717) is 23.8 Å². The lowest BCUT2D eigenvalue weighted by Gasteiger charge is -2.17. The van der Waals surface area contributed by atoms with Crippen molar-refractivity contribution >= 4 is 23.3 Å². The largest absolute Gasteiger partial charge is 0.350 e. The first kappa shape index (κ1) is 19.2. The van der Waals surface area contributed by atoms with E-state index in [-0.39, 0.29) is 18.1 Å². The molecular weight excluding hydrogens is 362 g/mol. The van der Waals surface area contributed by atoms with Crippen LogP contribution in [0.15, 0.2) is 45.3 Å². The van der Waals surface area contributed by atoms with E-state index in [1.165, 1.54) is 26.4 Å². The van der Waals surface area contributed by atoms with Gasteiger partial charge in [-0.3, -0.25) is 4.79 Å². The Morgan fingerprint density at radius 1 is 1.22 bits per heavy atom. The molecule has 0 radical (unpaired) electrons. The molecular formula is C19H23N5O2S. The Morgan fingerprint density at radius 2 is 1.96 bits per heavy atom. The third-order valence-electron chi connectivity index (χ3n) is 4.41. The first-order chi connectivity index (χ1) is 12.9. The lowest BCUT2D eigenvalue weighted by molar-refractivity contribution is -0.131. The summed E-state index contributed by atoms with van der Waals surface area (Å²) in [7, 11) is 0. The first-order valence-corrected chi connectivity index (χ1v) is 9.73. The Kier molecular flexibility index (Phi) is 5.65. The molecule has 1 amide bonds. The number of amides is 1. The zero-order chi connectivity index (χ0) is 19.6. The number of carbonyl (C=O) groups excluding carboxylic acids is 1. The van der Waals surface area contributed by atoms with E-state index in [9.17, 15) is 9.59 Å². The Morgan fingerprint density at radius 3 is 2.63 bits per heavy atom. The number of aromatic nitrogens is 4. The number of aryl methyl sites for hydroxylation is 2. The number of benzene rings is 1. The zero-order valence-electron chi connectivity index (χ0n) is 16.0. The predicted molar refractivity (Wildman–Crippen MR) is 105 cm³/mol. The molecule has 0 N–H and O–H groups in total. The SMILES string of the molecule is CCN(CC)C(=O)Cn1nc2c(Sc3ccc(C)cc3C)nccn2c1=O. The molecule has 8 heteroatoms. The maximum absolute atomic E-state index is 12.6. The van der Waals surface area contributed by atoms with E-state index < -0.39 is 0 Å². The molecule has 2 aromatic heterocycles. The van der Waals surface area contributed by atoms with Crippen LogP contribution in [0.1, 0.15) is 25.0 Å². The van der Waals surface area contributed by atoms with Crippen molar-refractivity contribution in [1.29, 1.82) is 0 Å². The Hall–Kier alpha value is -2.61. The quantitative estimate of drug-likeness (QED) is 0.652. The molecule has 0 aliphatic heterocycles. The van der Waals surface area contributed by atoms with Crippen molar-refractivity contribution in [2.75, 3.05) is 13.1 Å². The van der Waals surface area contributed by atoms with Gasteiger partial charge in [-0.2, -0.15) is 0 Å². The van der Waals surface area contributed by atoms with Crippen molar-refractivity contribution in [3.05, 3.63) is 52.2 Å². The fourth-order valence-corrected chi connectivity index (χ4v) is 3.83. The highest BCUT2D eigenvalue weighted by Crippen LogP contribution is 2.30. The van der Waals surface area contributed by atoms with Crippen LogP contribution in [0.5, 0.6) is 0 Å². The van der Waals surface area contributed by atoms with Gasteiger partial charge in [-0.25, -0.2) is 18.9 Å². The van der Waals surface area contributed by atoms with Crippen LogP contribution in [0.3, 0.4) is 0 Å². The average molecular weight is 385 g/mol. The highest BCUT2D eigenvalue weighted by molar-refractivity contribution is 7.99. The minimum Gasteiger partial charge on any atom is -0.342 e. The summed E-state index contributed by atoms with van der Waals surface area (Å²) in [4.78, 5) is 32.1. The molecule has 0 saturated heterocycles. The molecule has 3 rings (SSSR count). The zero-order valence-corrected chi connectivity index (χ0v) is 16.8. The molecule has 3 aromatic rings. The van der Waals surface area contributed by atoms with Crippen molar-refractivity contribution in [3.63, 3.8) is 0 Å². The second kappa shape index (κ2) is 7.96. The van der Waals surface area contributed by atoms with Gasteiger partial charge in [-0.05, 0) is 39.3 Å². The average Bonchev–Trinajstić information content (AvgIpc) is 2.95. The normalized spacial score (nSPS) is 11.1. The molecule has 2 heterocycles. The van der Waals surface area contributed by atoms with Crippen molar-refractivity contribution in [2.24, 2.45) is 0 Å². The summed E-state index contributed by atoms with van der Waals surface area (Å²) in [5.41, 5.74) is 2.45. The number of fused-ring (bicyclic) bond motifs is 1. The maximum Gasteiger partial charge on any atom is 0.350 e. The van der Waals surface area contributed by atoms with Crippen LogP contribution < -0.4 is 5.69 Å². The molecule has 0 atom stereocenters. The van der Waals surface area contributed by atoms with Crippen molar-refractivity contribution < 1.29 is 4.79 Å². The Bertz CT molecular complexity index is 1040. The molecule has 142 valence electrons. The summed E-state index contributed by atoms with van der Waals surface area (Å²) in [6, 6.07) is 6.19. The van der Waals surface area contributed by atoms with Crippen LogP contribution >= 0.6 is 11.8 Å². The van der Waals surface area contributed by atoms with E-state index in [1.807, 2.05) is 32.9 Å². The van der Waals surface area contributed by atoms with E-state index >= 15 is 0 Å². The standard InChI is InChI=1S/C19H23N5O2S/c1-5-22(6-2)16(25)12-24-19(26)23-10-9-20-18(17(23)21-24)27-15-8-7-13(3)11-14(15)4/h7-11H,5-6,12H2,1-4H3. The molecule has 0 saturated carbocycles. The van der Waals surface area contributed by atoms with Crippen LogP contribution in [0, 0.1) is 13.8 Å². The van der Waals surface area contributed by atoms with Gasteiger partial charge in [0.2, 0.25) is 5.91 Å². The van der Waals surface area contributed by atoms with Crippen molar-refractivity contribution in [1.82, 2.24) is 24.1 Å². The van der Waals surface area contributed by atoms with Crippen LogP contribution in [-0.4, -0.2) is 43.1 Å². The smallest absolute Gasteiger partial charge is 0.342 e. The summed E-state index contributed by atoms with van der Waals surface area (Å²) >= 11 is 1.47. The Labute approximate surface area is 162 Å². The van der Waals surface area contributed by atoms with Crippen LogP contribution in [0.4, 0.5) is 0 Å². The number of likely N-dealkylation sites (N-methyl/N-ethyl adjacent to an activating group) is 1. The van der Waals surface area contributed by atoms with Gasteiger partial charge in [0.1, 0.15) is 11.6 Å². The van der Waals surface area contributed by atoms with Gasteiger partial charge in [0, 0.05) is 30.4 Å². The molecule has 7 nitrogen and oxygen atoms in total. The monoisotopic (exact) mass is 385 g/mol. The van der Waals surface area contributed by atoms with Gasteiger partial charge in [-0.1, -0.05) is 29.5 Å². The lowest BCUT2D eigenvalue weighted by atomic mass is 10.2. The summed E-state index contributed by atoms with van der Waals surface area (Å²) in [6.07, 6.45) is 3.16. The van der Waals surface area contributed by atoms with Crippen LogP contribution in [0.2, 0.25) is 0 Å². The number of nitrogens with zero attached hydrogens (tertiary/aromatic N) is 5. The van der Waals surface area contributed by atoms with E-state index in [2.05, 4.69) is 23.1 Å². The maximum atomic E-state index is 12.6. The number of hydrogen-bond donors (Lipinski definition) is 0. The number of rotatable bonds is 6. The van der Waals surface area contributed by atoms with Gasteiger partial charge in [0.25, 0.3) is 0 Å².